The van der Waals surface area contributed by atoms with E-state index in [9.17, 15) is 0 Å². The topological polar surface area (TPSA) is 0 Å². The lowest BCUT2D eigenvalue weighted by molar-refractivity contribution is 1.50. The third-order valence-corrected chi connectivity index (χ3v) is 10.8. The Hall–Kier alpha value is -7.02. The zero-order valence-electron chi connectivity index (χ0n) is 39.8. The first-order valence-corrected chi connectivity index (χ1v) is 23.7. The summed E-state index contributed by atoms with van der Waals surface area (Å²) in [5.41, 5.74) is 14.7. The SMILES string of the molecule is CC.CC.CC.CC.CC.c1ccc(-c2cccc(-c3cc(-c4cccc(-c5ccccc5)c4)c4cc(-c5c6ccccc6c(-c6ccccc6)c6ccccc56)ccc4c3)c2)cc1. The van der Waals surface area contributed by atoms with Gasteiger partial charge in [0.2, 0.25) is 0 Å². The summed E-state index contributed by atoms with van der Waals surface area (Å²) in [6.45, 7) is 20.0. The van der Waals surface area contributed by atoms with Crippen LogP contribution in [-0.4, -0.2) is 0 Å². The quantitative estimate of drug-likeness (QED) is 0.146. The second kappa shape index (κ2) is 24.6. The fourth-order valence-corrected chi connectivity index (χ4v) is 8.28. The summed E-state index contributed by atoms with van der Waals surface area (Å²) in [7, 11) is 0. The highest BCUT2D eigenvalue weighted by molar-refractivity contribution is 6.22. The van der Waals surface area contributed by atoms with E-state index in [2.05, 4.69) is 218 Å². The molecule has 0 heterocycles. The smallest absolute Gasteiger partial charge is 0.00261 e. The van der Waals surface area contributed by atoms with Crippen LogP contribution in [-0.2, 0) is 0 Å². The predicted molar refractivity (Wildman–Crippen MR) is 288 cm³/mol. The van der Waals surface area contributed by atoms with Gasteiger partial charge in [0.15, 0.2) is 0 Å². The van der Waals surface area contributed by atoms with E-state index < -0.39 is 0 Å². The van der Waals surface area contributed by atoms with E-state index in [4.69, 9.17) is 0 Å². The van der Waals surface area contributed by atoms with Crippen molar-refractivity contribution >= 4 is 32.3 Å². The van der Waals surface area contributed by atoms with Gasteiger partial charge in [-0.25, -0.2) is 0 Å². The van der Waals surface area contributed by atoms with E-state index in [-0.39, 0.29) is 0 Å². The van der Waals surface area contributed by atoms with Gasteiger partial charge in [0, 0.05) is 0 Å². The Labute approximate surface area is 384 Å². The molecule has 322 valence electrons. The first kappa shape index (κ1) is 48.0. The van der Waals surface area contributed by atoms with E-state index in [1.807, 2.05) is 69.2 Å². The van der Waals surface area contributed by atoms with Crippen molar-refractivity contribution in [1.29, 1.82) is 0 Å². The van der Waals surface area contributed by atoms with E-state index >= 15 is 0 Å². The molecule has 0 nitrogen and oxygen atoms in total. The van der Waals surface area contributed by atoms with Gasteiger partial charge in [-0.2, -0.15) is 0 Å². The Bertz CT molecular complexity index is 2900. The average Bonchev–Trinajstić information content (AvgIpc) is 3.41. The Balaban J connectivity index is 0.000000723. The molecule has 10 rings (SSSR count). The summed E-state index contributed by atoms with van der Waals surface area (Å²) in [4.78, 5) is 0. The maximum Gasteiger partial charge on any atom is -0.00261 e. The summed E-state index contributed by atoms with van der Waals surface area (Å²) in [5, 5.41) is 7.51. The summed E-state index contributed by atoms with van der Waals surface area (Å²) < 4.78 is 0. The lowest BCUT2D eigenvalue weighted by atomic mass is 9.84. The van der Waals surface area contributed by atoms with Crippen molar-refractivity contribution in [3.05, 3.63) is 218 Å². The number of hydrogen-bond donors (Lipinski definition) is 0. The fourth-order valence-electron chi connectivity index (χ4n) is 8.28. The van der Waals surface area contributed by atoms with Crippen LogP contribution in [0, 0.1) is 0 Å². The first-order valence-electron chi connectivity index (χ1n) is 23.7. The van der Waals surface area contributed by atoms with Gasteiger partial charge in [-0.3, -0.25) is 0 Å². The van der Waals surface area contributed by atoms with Crippen molar-refractivity contribution in [2.45, 2.75) is 69.2 Å². The van der Waals surface area contributed by atoms with Crippen LogP contribution in [0.4, 0.5) is 0 Å². The van der Waals surface area contributed by atoms with Crippen LogP contribution in [0.25, 0.3) is 99.1 Å². The molecule has 0 aliphatic rings. The fraction of sp³-hybridized carbons (Fsp3) is 0.156. The standard InChI is InChI=1S/C54H36.5C2H6/c1-4-16-37(17-5-1)40-22-14-24-42(32-40)46-34-44-30-31-45(35-51(44)52(36-46)43-25-15-23-41(33-43)38-18-6-2-7-19-38)54-49-28-12-10-26-47(49)53(39-20-8-3-9-21-39)48-27-11-13-29-50(48)54;5*1-2/h1-36H;5*1-2H3. The molecule has 64 heavy (non-hydrogen) atoms. The van der Waals surface area contributed by atoms with Gasteiger partial charge in [-0.15, -0.1) is 0 Å². The number of rotatable bonds is 6. The van der Waals surface area contributed by atoms with E-state index in [0.29, 0.717) is 0 Å². The molecule has 0 aliphatic heterocycles. The lowest BCUT2D eigenvalue weighted by Crippen LogP contribution is -1.92. The largest absolute Gasteiger partial charge is 0.0683 e. The maximum atomic E-state index is 2.43. The minimum atomic E-state index is 1.20. The molecular formula is C64H66. The molecular weight excluding hydrogens is 769 g/mol. The molecule has 0 radical (unpaired) electrons. The molecule has 0 atom stereocenters. The molecule has 0 amide bonds. The van der Waals surface area contributed by atoms with Crippen molar-refractivity contribution in [3.8, 4) is 66.8 Å². The minimum Gasteiger partial charge on any atom is -0.0683 e. The lowest BCUT2D eigenvalue weighted by Gasteiger charge is -2.19. The second-order valence-electron chi connectivity index (χ2n) is 14.1. The van der Waals surface area contributed by atoms with Crippen LogP contribution in [0.1, 0.15) is 69.2 Å². The van der Waals surface area contributed by atoms with Gasteiger partial charge < -0.3 is 0 Å². The van der Waals surface area contributed by atoms with Crippen molar-refractivity contribution in [1.82, 2.24) is 0 Å². The third kappa shape index (κ3) is 10.4. The molecule has 0 spiro atoms. The highest BCUT2D eigenvalue weighted by Crippen LogP contribution is 2.45. The molecule has 0 aromatic heterocycles. The third-order valence-electron chi connectivity index (χ3n) is 10.8. The zero-order chi connectivity index (χ0) is 45.8. The first-order chi connectivity index (χ1) is 31.8. The number of fused-ring (bicyclic) bond motifs is 3. The van der Waals surface area contributed by atoms with Gasteiger partial charge in [0.1, 0.15) is 0 Å². The Morgan fingerprint density at radius 1 is 0.188 bits per heavy atom. The van der Waals surface area contributed by atoms with Crippen molar-refractivity contribution < 1.29 is 0 Å². The zero-order valence-corrected chi connectivity index (χ0v) is 39.8. The molecule has 0 bridgehead atoms. The van der Waals surface area contributed by atoms with Gasteiger partial charge in [0.25, 0.3) is 0 Å². The molecule has 0 N–H and O–H groups in total. The predicted octanol–water partition coefficient (Wildman–Crippen LogP) is 20.3. The van der Waals surface area contributed by atoms with Crippen molar-refractivity contribution in [2.75, 3.05) is 0 Å². The van der Waals surface area contributed by atoms with Crippen LogP contribution < -0.4 is 0 Å². The van der Waals surface area contributed by atoms with Crippen LogP contribution in [0.3, 0.4) is 0 Å². The molecule has 0 saturated carbocycles. The van der Waals surface area contributed by atoms with Crippen LogP contribution in [0.5, 0.6) is 0 Å². The number of benzene rings is 10. The molecule has 0 aliphatic carbocycles. The van der Waals surface area contributed by atoms with Gasteiger partial charge in [0.05, 0.1) is 0 Å². The van der Waals surface area contributed by atoms with Crippen LogP contribution in [0.15, 0.2) is 218 Å². The molecule has 10 aromatic carbocycles. The van der Waals surface area contributed by atoms with Gasteiger partial charge in [-0.1, -0.05) is 257 Å². The van der Waals surface area contributed by atoms with Gasteiger partial charge >= 0.3 is 0 Å². The summed E-state index contributed by atoms with van der Waals surface area (Å²) in [6.07, 6.45) is 0. The highest BCUT2D eigenvalue weighted by atomic mass is 14.2. The van der Waals surface area contributed by atoms with Crippen LogP contribution >= 0.6 is 0 Å². The average molecular weight is 835 g/mol. The molecule has 0 saturated heterocycles. The highest BCUT2D eigenvalue weighted by Gasteiger charge is 2.18. The van der Waals surface area contributed by atoms with Crippen molar-refractivity contribution in [3.63, 3.8) is 0 Å². The van der Waals surface area contributed by atoms with E-state index in [1.165, 1.54) is 99.1 Å². The Morgan fingerprint density at radius 3 is 0.984 bits per heavy atom. The summed E-state index contributed by atoms with van der Waals surface area (Å²) in [5.74, 6) is 0. The summed E-state index contributed by atoms with van der Waals surface area (Å²) >= 11 is 0. The Kier molecular flexibility index (Phi) is 18.4. The molecule has 0 heteroatoms. The molecule has 0 unspecified atom stereocenters. The van der Waals surface area contributed by atoms with Crippen LogP contribution in [0.2, 0.25) is 0 Å². The second-order valence-corrected chi connectivity index (χ2v) is 14.1. The summed E-state index contributed by atoms with van der Waals surface area (Å²) in [6, 6.07) is 79.8. The van der Waals surface area contributed by atoms with E-state index in [1.54, 1.807) is 0 Å². The van der Waals surface area contributed by atoms with E-state index in [0.717, 1.165) is 0 Å². The van der Waals surface area contributed by atoms with Crippen molar-refractivity contribution in [2.24, 2.45) is 0 Å². The molecule has 10 aromatic rings. The molecule has 0 fully saturated rings. The Morgan fingerprint density at radius 2 is 0.531 bits per heavy atom. The minimum absolute atomic E-state index is 1.20. The number of hydrogen-bond acceptors (Lipinski definition) is 0. The van der Waals surface area contributed by atoms with Gasteiger partial charge in [-0.05, 0) is 129 Å². The normalized spacial score (nSPS) is 10.0. The monoisotopic (exact) mass is 835 g/mol. The maximum absolute atomic E-state index is 2.43.